The number of rotatable bonds is 4. The minimum Gasteiger partial charge on any atom is -0.461 e. The second-order valence-corrected chi connectivity index (χ2v) is 8.41. The lowest BCUT2D eigenvalue weighted by atomic mass is 9.87. The summed E-state index contributed by atoms with van der Waals surface area (Å²) in [4.78, 5) is 15.3. The number of hydrogen-bond acceptors (Lipinski definition) is 3. The highest BCUT2D eigenvalue weighted by Crippen LogP contribution is 2.38. The third-order valence-electron chi connectivity index (χ3n) is 5.16. The van der Waals surface area contributed by atoms with E-state index in [1.54, 1.807) is 36.4 Å². The van der Waals surface area contributed by atoms with Crippen molar-refractivity contribution in [3.05, 3.63) is 81.0 Å². The SMILES string of the molecule is CN1C[C@H](c2ccc(-c3ccc(Cl)cc3Cl)o2)[C@H](C(=O)c2ccc(Cl)cc2)C1. The molecule has 0 amide bonds. The van der Waals surface area contributed by atoms with Crippen LogP contribution in [-0.4, -0.2) is 30.8 Å². The molecule has 6 heteroatoms. The standard InChI is InChI=1S/C22H18Cl3NO2/c1-26-11-17(18(12-26)22(27)13-2-4-14(23)5-3-13)21-9-8-20(28-21)16-7-6-15(24)10-19(16)25/h2-10,17-18H,11-12H2,1H3/t17-,18+/m0/s1. The van der Waals surface area contributed by atoms with Crippen molar-refractivity contribution in [1.82, 2.24) is 4.90 Å². The van der Waals surface area contributed by atoms with Gasteiger partial charge in [0.1, 0.15) is 11.5 Å². The molecular weight excluding hydrogens is 417 g/mol. The van der Waals surface area contributed by atoms with E-state index in [4.69, 9.17) is 39.2 Å². The van der Waals surface area contributed by atoms with Gasteiger partial charge in [-0.05, 0) is 61.6 Å². The maximum atomic E-state index is 13.1. The van der Waals surface area contributed by atoms with E-state index in [0.29, 0.717) is 32.9 Å². The van der Waals surface area contributed by atoms with Crippen LogP contribution in [0.1, 0.15) is 22.0 Å². The van der Waals surface area contributed by atoms with Gasteiger partial charge in [0.05, 0.1) is 5.02 Å². The summed E-state index contributed by atoms with van der Waals surface area (Å²) in [5.74, 6) is 1.37. The molecule has 2 heterocycles. The van der Waals surface area contributed by atoms with Crippen molar-refractivity contribution in [2.45, 2.75) is 5.92 Å². The van der Waals surface area contributed by atoms with Gasteiger partial charge in [-0.1, -0.05) is 34.8 Å². The zero-order chi connectivity index (χ0) is 19.8. The Balaban J connectivity index is 1.63. The largest absolute Gasteiger partial charge is 0.461 e. The van der Waals surface area contributed by atoms with Crippen molar-refractivity contribution in [3.8, 4) is 11.3 Å². The maximum Gasteiger partial charge on any atom is 0.168 e. The van der Waals surface area contributed by atoms with Gasteiger partial charge < -0.3 is 9.32 Å². The van der Waals surface area contributed by atoms with Crippen LogP contribution in [0.5, 0.6) is 0 Å². The van der Waals surface area contributed by atoms with Gasteiger partial charge in [0.15, 0.2) is 5.78 Å². The topological polar surface area (TPSA) is 33.5 Å². The molecule has 2 aromatic carbocycles. The first-order valence-electron chi connectivity index (χ1n) is 8.96. The molecule has 3 aromatic rings. The van der Waals surface area contributed by atoms with Gasteiger partial charge in [-0.15, -0.1) is 0 Å². The summed E-state index contributed by atoms with van der Waals surface area (Å²) in [7, 11) is 2.02. The summed E-state index contributed by atoms with van der Waals surface area (Å²) in [6.45, 7) is 1.44. The highest BCUT2D eigenvalue weighted by Gasteiger charge is 2.39. The number of benzene rings is 2. The molecule has 1 aliphatic rings. The van der Waals surface area contributed by atoms with E-state index in [1.807, 2.05) is 25.2 Å². The molecule has 0 saturated carbocycles. The molecule has 0 bridgehead atoms. The van der Waals surface area contributed by atoms with Crippen LogP contribution in [0.15, 0.2) is 59.0 Å². The predicted octanol–water partition coefficient (Wildman–Crippen LogP) is 6.43. The lowest BCUT2D eigenvalue weighted by molar-refractivity contribution is 0.0911. The number of halogens is 3. The van der Waals surface area contributed by atoms with Crippen LogP contribution in [0.3, 0.4) is 0 Å². The molecule has 0 spiro atoms. The summed E-state index contributed by atoms with van der Waals surface area (Å²) in [5, 5.41) is 1.73. The molecule has 0 unspecified atom stereocenters. The summed E-state index contributed by atoms with van der Waals surface area (Å²) >= 11 is 18.2. The first kappa shape index (κ1) is 19.5. The second kappa shape index (κ2) is 7.92. The van der Waals surface area contributed by atoms with E-state index in [2.05, 4.69) is 4.90 Å². The fourth-order valence-corrected chi connectivity index (χ4v) is 4.40. The number of Topliss-reactive ketones (excluding diaryl/α,β-unsaturated/α-hetero) is 1. The van der Waals surface area contributed by atoms with Crippen LogP contribution in [0.4, 0.5) is 0 Å². The summed E-state index contributed by atoms with van der Waals surface area (Å²) < 4.78 is 6.13. The molecule has 3 nitrogen and oxygen atoms in total. The lowest BCUT2D eigenvalue weighted by Gasteiger charge is -2.15. The van der Waals surface area contributed by atoms with Crippen molar-refractivity contribution in [2.24, 2.45) is 5.92 Å². The minimum absolute atomic E-state index is 0.0204. The Hall–Kier alpha value is -1.78. The third kappa shape index (κ3) is 3.85. The Morgan fingerprint density at radius 2 is 1.68 bits per heavy atom. The molecule has 1 fully saturated rings. The van der Waals surface area contributed by atoms with Gasteiger partial charge in [0.25, 0.3) is 0 Å². The third-order valence-corrected chi connectivity index (χ3v) is 5.96. The number of ketones is 1. The minimum atomic E-state index is -0.175. The summed E-state index contributed by atoms with van der Waals surface area (Å²) in [6.07, 6.45) is 0. The number of furan rings is 1. The van der Waals surface area contributed by atoms with Crippen LogP contribution >= 0.6 is 34.8 Å². The van der Waals surface area contributed by atoms with E-state index in [0.717, 1.165) is 17.9 Å². The second-order valence-electron chi connectivity index (χ2n) is 7.13. The molecule has 4 rings (SSSR count). The predicted molar refractivity (Wildman–Crippen MR) is 114 cm³/mol. The fraction of sp³-hybridized carbons (Fsp3) is 0.227. The van der Waals surface area contributed by atoms with Crippen molar-refractivity contribution < 1.29 is 9.21 Å². The summed E-state index contributed by atoms with van der Waals surface area (Å²) in [6, 6.07) is 16.2. The Morgan fingerprint density at radius 3 is 2.39 bits per heavy atom. The molecule has 28 heavy (non-hydrogen) atoms. The molecule has 0 aliphatic carbocycles. The number of carbonyl (C=O) groups is 1. The monoisotopic (exact) mass is 433 g/mol. The van der Waals surface area contributed by atoms with Gasteiger partial charge in [0, 0.05) is 46.1 Å². The molecular formula is C22H18Cl3NO2. The fourth-order valence-electron chi connectivity index (χ4n) is 3.77. The highest BCUT2D eigenvalue weighted by atomic mass is 35.5. The van der Waals surface area contributed by atoms with Crippen LogP contribution < -0.4 is 0 Å². The average Bonchev–Trinajstić information content (AvgIpc) is 3.28. The number of hydrogen-bond donors (Lipinski definition) is 0. The van der Waals surface area contributed by atoms with Crippen molar-refractivity contribution in [3.63, 3.8) is 0 Å². The first-order valence-corrected chi connectivity index (χ1v) is 10.1. The van der Waals surface area contributed by atoms with Crippen LogP contribution in [-0.2, 0) is 0 Å². The molecule has 1 aromatic heterocycles. The molecule has 2 atom stereocenters. The van der Waals surface area contributed by atoms with E-state index < -0.39 is 0 Å². The first-order chi connectivity index (χ1) is 13.4. The number of carbonyl (C=O) groups excluding carboxylic acids is 1. The van der Waals surface area contributed by atoms with Crippen LogP contribution in [0, 0.1) is 5.92 Å². The molecule has 1 saturated heterocycles. The maximum absolute atomic E-state index is 13.1. The Bertz CT molecular complexity index is 1010. The van der Waals surface area contributed by atoms with Gasteiger partial charge in [-0.3, -0.25) is 4.79 Å². The zero-order valence-corrected chi connectivity index (χ0v) is 17.4. The van der Waals surface area contributed by atoms with Gasteiger partial charge in [-0.2, -0.15) is 0 Å². The van der Waals surface area contributed by atoms with Crippen LogP contribution in [0.2, 0.25) is 15.1 Å². The van der Waals surface area contributed by atoms with Crippen molar-refractivity contribution >= 4 is 40.6 Å². The zero-order valence-electron chi connectivity index (χ0n) is 15.2. The normalized spacial score (nSPS) is 19.9. The number of nitrogens with zero attached hydrogens (tertiary/aromatic N) is 1. The quantitative estimate of drug-likeness (QED) is 0.443. The van der Waals surface area contributed by atoms with Gasteiger partial charge in [0.2, 0.25) is 0 Å². The molecule has 0 radical (unpaired) electrons. The highest BCUT2D eigenvalue weighted by molar-refractivity contribution is 6.36. The van der Waals surface area contributed by atoms with E-state index in [-0.39, 0.29) is 17.6 Å². The van der Waals surface area contributed by atoms with E-state index in [9.17, 15) is 4.79 Å². The number of likely N-dealkylation sites (N-methyl/N-ethyl adjacent to an activating group) is 1. The van der Waals surface area contributed by atoms with E-state index in [1.165, 1.54) is 0 Å². The smallest absolute Gasteiger partial charge is 0.168 e. The molecule has 144 valence electrons. The Labute approximate surface area is 178 Å². The van der Waals surface area contributed by atoms with Crippen molar-refractivity contribution in [1.29, 1.82) is 0 Å². The Morgan fingerprint density at radius 1 is 0.964 bits per heavy atom. The van der Waals surface area contributed by atoms with E-state index >= 15 is 0 Å². The van der Waals surface area contributed by atoms with Gasteiger partial charge in [-0.25, -0.2) is 0 Å². The van der Waals surface area contributed by atoms with Crippen molar-refractivity contribution in [2.75, 3.05) is 20.1 Å². The average molecular weight is 435 g/mol. The Kier molecular flexibility index (Phi) is 5.52. The lowest BCUT2D eigenvalue weighted by Crippen LogP contribution is -2.22. The van der Waals surface area contributed by atoms with Gasteiger partial charge >= 0.3 is 0 Å². The molecule has 1 aliphatic heterocycles. The molecule has 0 N–H and O–H groups in total. The van der Waals surface area contributed by atoms with Crippen LogP contribution in [0.25, 0.3) is 11.3 Å². The number of likely N-dealkylation sites (tertiary alicyclic amines) is 1. The summed E-state index contributed by atoms with van der Waals surface area (Å²) in [5.41, 5.74) is 1.45.